The smallest absolute Gasteiger partial charge is 0.322 e. The molecule has 0 atom stereocenters. The predicted octanol–water partition coefficient (Wildman–Crippen LogP) is 4.28. The Balaban J connectivity index is 1.57. The third-order valence-corrected chi connectivity index (χ3v) is 6.41. The standard InChI is InChI=1S/C22H24N4O3S/c1-14-8-10-26(11-9-14)22-25-20(23-13-18(27)28)19(30-22)21(29)24-17-7-6-15-4-2-3-5-16(15)12-17/h2-7,12,14,23H,8-11,13H2,1H3,(H,24,29)(H,27,28). The Bertz CT molecular complexity index is 1070. The molecule has 8 heteroatoms. The summed E-state index contributed by atoms with van der Waals surface area (Å²) >= 11 is 1.30. The summed E-state index contributed by atoms with van der Waals surface area (Å²) in [7, 11) is 0. The predicted molar refractivity (Wildman–Crippen MR) is 121 cm³/mol. The molecule has 0 radical (unpaired) electrons. The van der Waals surface area contributed by atoms with Gasteiger partial charge in [0.15, 0.2) is 10.9 Å². The molecule has 1 saturated heterocycles. The minimum absolute atomic E-state index is 0.295. The first-order valence-corrected chi connectivity index (χ1v) is 10.8. The number of carbonyl (C=O) groups is 2. The average molecular weight is 425 g/mol. The third kappa shape index (κ3) is 4.54. The van der Waals surface area contributed by atoms with Gasteiger partial charge in [0.2, 0.25) is 0 Å². The van der Waals surface area contributed by atoms with Gasteiger partial charge >= 0.3 is 5.97 Å². The first-order chi connectivity index (χ1) is 14.5. The fourth-order valence-corrected chi connectivity index (χ4v) is 4.52. The van der Waals surface area contributed by atoms with Gasteiger partial charge in [0.1, 0.15) is 11.4 Å². The zero-order valence-corrected chi connectivity index (χ0v) is 17.5. The summed E-state index contributed by atoms with van der Waals surface area (Å²) in [5.41, 5.74) is 0.685. The number of benzene rings is 2. The molecular weight excluding hydrogens is 400 g/mol. The minimum Gasteiger partial charge on any atom is -0.480 e. The quantitative estimate of drug-likeness (QED) is 0.547. The lowest BCUT2D eigenvalue weighted by atomic mass is 10.00. The molecule has 0 aliphatic carbocycles. The maximum Gasteiger partial charge on any atom is 0.322 e. The van der Waals surface area contributed by atoms with E-state index in [0.29, 0.717) is 22.3 Å². The minimum atomic E-state index is -1.00. The Labute approximate surface area is 178 Å². The van der Waals surface area contributed by atoms with E-state index in [9.17, 15) is 9.59 Å². The van der Waals surface area contributed by atoms with Gasteiger partial charge in [-0.3, -0.25) is 9.59 Å². The topological polar surface area (TPSA) is 94.6 Å². The van der Waals surface area contributed by atoms with Crippen molar-refractivity contribution >= 4 is 50.6 Å². The summed E-state index contributed by atoms with van der Waals surface area (Å²) in [5.74, 6) is -0.305. The van der Waals surface area contributed by atoms with Crippen LogP contribution in [0.4, 0.5) is 16.6 Å². The molecule has 3 N–H and O–H groups in total. The van der Waals surface area contributed by atoms with E-state index in [2.05, 4.69) is 27.4 Å². The number of carbonyl (C=O) groups excluding carboxylic acids is 1. The summed E-state index contributed by atoms with van der Waals surface area (Å²) < 4.78 is 0. The highest BCUT2D eigenvalue weighted by molar-refractivity contribution is 7.18. The molecule has 7 nitrogen and oxygen atoms in total. The monoisotopic (exact) mass is 424 g/mol. The number of amides is 1. The van der Waals surface area contributed by atoms with Crippen LogP contribution in [0, 0.1) is 5.92 Å². The van der Waals surface area contributed by atoms with Crippen LogP contribution in [0.2, 0.25) is 0 Å². The van der Waals surface area contributed by atoms with Gasteiger partial charge in [-0.1, -0.05) is 48.6 Å². The molecule has 4 rings (SSSR count). The van der Waals surface area contributed by atoms with Crippen LogP contribution in [0.25, 0.3) is 10.8 Å². The Morgan fingerprint density at radius 3 is 2.63 bits per heavy atom. The zero-order chi connectivity index (χ0) is 21.1. The van der Waals surface area contributed by atoms with E-state index in [1.165, 1.54) is 11.3 Å². The molecule has 1 aromatic heterocycles. The number of aliphatic carboxylic acids is 1. The molecular formula is C22H24N4O3S. The van der Waals surface area contributed by atoms with Gasteiger partial charge in [0.25, 0.3) is 5.91 Å². The molecule has 0 spiro atoms. The summed E-state index contributed by atoms with van der Waals surface area (Å²) in [6.07, 6.45) is 2.16. The lowest BCUT2D eigenvalue weighted by molar-refractivity contribution is -0.134. The highest BCUT2D eigenvalue weighted by atomic mass is 32.1. The number of hydrogen-bond donors (Lipinski definition) is 3. The van der Waals surface area contributed by atoms with Crippen molar-refractivity contribution in [2.75, 3.05) is 35.2 Å². The number of piperidine rings is 1. The largest absolute Gasteiger partial charge is 0.480 e. The van der Waals surface area contributed by atoms with Gasteiger partial charge in [0.05, 0.1) is 0 Å². The number of aromatic nitrogens is 1. The van der Waals surface area contributed by atoms with Crippen LogP contribution in [0.3, 0.4) is 0 Å². The van der Waals surface area contributed by atoms with Crippen molar-refractivity contribution in [1.29, 1.82) is 0 Å². The fourth-order valence-electron chi connectivity index (χ4n) is 3.53. The lowest BCUT2D eigenvalue weighted by Gasteiger charge is -2.29. The zero-order valence-electron chi connectivity index (χ0n) is 16.7. The van der Waals surface area contributed by atoms with E-state index < -0.39 is 5.97 Å². The Kier molecular flexibility index (Phi) is 5.85. The number of nitrogens with one attached hydrogen (secondary N) is 2. The number of rotatable bonds is 6. The molecule has 0 unspecified atom stereocenters. The maximum absolute atomic E-state index is 13.0. The number of carboxylic acid groups (broad SMARTS) is 1. The van der Waals surface area contributed by atoms with Crippen LogP contribution < -0.4 is 15.5 Å². The highest BCUT2D eigenvalue weighted by Crippen LogP contribution is 2.33. The fraction of sp³-hybridized carbons (Fsp3) is 0.318. The van der Waals surface area contributed by atoms with Crippen LogP contribution in [-0.4, -0.2) is 41.6 Å². The van der Waals surface area contributed by atoms with Gasteiger partial charge in [0, 0.05) is 18.8 Å². The molecule has 30 heavy (non-hydrogen) atoms. The van der Waals surface area contributed by atoms with E-state index in [4.69, 9.17) is 5.11 Å². The summed E-state index contributed by atoms with van der Waals surface area (Å²) in [5, 5.41) is 17.6. The summed E-state index contributed by atoms with van der Waals surface area (Å²) in [4.78, 5) is 31.1. The highest BCUT2D eigenvalue weighted by Gasteiger charge is 2.24. The van der Waals surface area contributed by atoms with Crippen molar-refractivity contribution in [2.45, 2.75) is 19.8 Å². The number of fused-ring (bicyclic) bond motifs is 1. The molecule has 3 aromatic rings. The Morgan fingerprint density at radius 1 is 1.17 bits per heavy atom. The second-order valence-electron chi connectivity index (χ2n) is 7.61. The number of thiazole rings is 1. The van der Waals surface area contributed by atoms with Crippen molar-refractivity contribution < 1.29 is 14.7 Å². The van der Waals surface area contributed by atoms with Crippen molar-refractivity contribution in [1.82, 2.24) is 4.98 Å². The SMILES string of the molecule is CC1CCN(c2nc(NCC(=O)O)c(C(=O)Nc3ccc4ccccc4c3)s2)CC1. The molecule has 156 valence electrons. The summed E-state index contributed by atoms with van der Waals surface area (Å²) in [6.45, 7) is 3.72. The van der Waals surface area contributed by atoms with E-state index in [1.807, 2.05) is 42.5 Å². The van der Waals surface area contributed by atoms with Gasteiger partial charge in [-0.25, -0.2) is 4.98 Å². The Morgan fingerprint density at radius 2 is 1.90 bits per heavy atom. The second kappa shape index (κ2) is 8.71. The van der Waals surface area contributed by atoms with E-state index in [1.54, 1.807) is 0 Å². The van der Waals surface area contributed by atoms with Crippen LogP contribution in [0.1, 0.15) is 29.4 Å². The third-order valence-electron chi connectivity index (χ3n) is 5.29. The maximum atomic E-state index is 13.0. The number of anilines is 3. The average Bonchev–Trinajstić information content (AvgIpc) is 3.17. The van der Waals surface area contributed by atoms with Crippen molar-refractivity contribution in [3.8, 4) is 0 Å². The van der Waals surface area contributed by atoms with Gasteiger partial charge in [-0.05, 0) is 41.7 Å². The van der Waals surface area contributed by atoms with Crippen molar-refractivity contribution in [3.63, 3.8) is 0 Å². The second-order valence-corrected chi connectivity index (χ2v) is 8.58. The Hall–Kier alpha value is -3.13. The molecule has 0 bridgehead atoms. The number of nitrogens with zero attached hydrogens (tertiary/aromatic N) is 2. The molecule has 0 saturated carbocycles. The van der Waals surface area contributed by atoms with Crippen LogP contribution >= 0.6 is 11.3 Å². The van der Waals surface area contributed by atoms with Crippen LogP contribution in [0.15, 0.2) is 42.5 Å². The molecule has 2 aromatic carbocycles. The molecule has 1 amide bonds. The van der Waals surface area contributed by atoms with Crippen LogP contribution in [0.5, 0.6) is 0 Å². The van der Waals surface area contributed by atoms with E-state index >= 15 is 0 Å². The molecule has 1 fully saturated rings. The summed E-state index contributed by atoms with van der Waals surface area (Å²) in [6, 6.07) is 13.7. The lowest BCUT2D eigenvalue weighted by Crippen LogP contribution is -2.32. The number of hydrogen-bond acceptors (Lipinski definition) is 6. The first kappa shape index (κ1) is 20.2. The van der Waals surface area contributed by atoms with E-state index in [-0.39, 0.29) is 12.5 Å². The van der Waals surface area contributed by atoms with Crippen molar-refractivity contribution in [3.05, 3.63) is 47.3 Å². The number of carboxylic acids is 1. The van der Waals surface area contributed by atoms with E-state index in [0.717, 1.165) is 41.8 Å². The van der Waals surface area contributed by atoms with Gasteiger partial charge in [-0.2, -0.15) is 0 Å². The molecule has 1 aliphatic rings. The van der Waals surface area contributed by atoms with Crippen molar-refractivity contribution in [2.24, 2.45) is 5.92 Å². The first-order valence-electron chi connectivity index (χ1n) is 10.0. The molecule has 1 aliphatic heterocycles. The van der Waals surface area contributed by atoms with Crippen LogP contribution in [-0.2, 0) is 4.79 Å². The normalized spacial score (nSPS) is 14.6. The molecule has 2 heterocycles. The van der Waals surface area contributed by atoms with Gasteiger partial charge in [-0.15, -0.1) is 0 Å². The van der Waals surface area contributed by atoms with Gasteiger partial charge < -0.3 is 20.6 Å².